The molecular weight excluding hydrogens is 252 g/mol. The van der Waals surface area contributed by atoms with Crippen molar-refractivity contribution in [3.63, 3.8) is 0 Å². The normalized spacial score (nSPS) is 20.8. The molecule has 0 aromatic carbocycles. The fraction of sp³-hybridized carbons (Fsp3) is 0.833. The fourth-order valence-electron chi connectivity index (χ4n) is 1.95. The number of hydrogen-bond acceptors (Lipinski definition) is 5. The average Bonchev–Trinajstić information content (AvgIpc) is 2.07. The highest BCUT2D eigenvalue weighted by Crippen LogP contribution is 2.21. The largest absolute Gasteiger partial charge is 0.530 e. The van der Waals surface area contributed by atoms with Crippen molar-refractivity contribution in [2.45, 2.75) is 38.6 Å². The predicted molar refractivity (Wildman–Crippen MR) is 63.4 cm³/mol. The number of carbonyl (C=O) groups excluding carboxylic acids is 2. The smallest absolute Gasteiger partial charge is 0.410 e. The summed E-state index contributed by atoms with van der Waals surface area (Å²) in [5.41, 5.74) is -0.494. The van der Waals surface area contributed by atoms with Crippen LogP contribution in [0, 0.1) is 0 Å². The Labute approximate surface area is 112 Å². The van der Waals surface area contributed by atoms with E-state index in [9.17, 15) is 14.7 Å². The summed E-state index contributed by atoms with van der Waals surface area (Å²) in [5.74, 6) is 0. The molecule has 2 heterocycles. The van der Waals surface area contributed by atoms with Crippen molar-refractivity contribution in [2.24, 2.45) is 0 Å². The first-order valence-corrected chi connectivity index (χ1v) is 6.34. The van der Waals surface area contributed by atoms with Crippen LogP contribution in [0.1, 0.15) is 20.8 Å². The summed E-state index contributed by atoms with van der Waals surface area (Å²) in [6.07, 6.45) is -1.61. The summed E-state index contributed by atoms with van der Waals surface area (Å²) in [7, 11) is 0. The highest BCUT2D eigenvalue weighted by Gasteiger charge is 2.38. The average molecular weight is 271 g/mol. The molecule has 0 spiro atoms. The highest BCUT2D eigenvalue weighted by molar-refractivity contribution is 5.69. The van der Waals surface area contributed by atoms with Gasteiger partial charge in [-0.2, -0.15) is 0 Å². The Hall–Kier alpha value is -1.50. The van der Waals surface area contributed by atoms with Crippen molar-refractivity contribution >= 4 is 12.2 Å². The van der Waals surface area contributed by atoms with Crippen molar-refractivity contribution in [3.05, 3.63) is 0 Å². The first-order chi connectivity index (χ1) is 8.74. The van der Waals surface area contributed by atoms with Crippen LogP contribution in [-0.4, -0.2) is 66.0 Å². The van der Waals surface area contributed by atoms with Gasteiger partial charge in [-0.1, -0.05) is 0 Å². The van der Waals surface area contributed by atoms with Crippen LogP contribution in [0.25, 0.3) is 0 Å². The SMILES string of the molecule is CC(C)(C)OC(=O)N1CC(OC2CN(C(=O)[O-])C2)C1. The first kappa shape index (κ1) is 13.9. The van der Waals surface area contributed by atoms with Crippen molar-refractivity contribution in [1.29, 1.82) is 0 Å². The van der Waals surface area contributed by atoms with E-state index in [0.29, 0.717) is 26.2 Å². The summed E-state index contributed by atoms with van der Waals surface area (Å²) in [4.78, 5) is 24.9. The van der Waals surface area contributed by atoms with Gasteiger partial charge >= 0.3 is 6.09 Å². The molecule has 2 aliphatic rings. The molecule has 0 aromatic rings. The van der Waals surface area contributed by atoms with Gasteiger partial charge in [0.15, 0.2) is 0 Å². The third-order valence-electron chi connectivity index (χ3n) is 2.99. The maximum Gasteiger partial charge on any atom is 0.410 e. The summed E-state index contributed by atoms with van der Waals surface area (Å²) in [6, 6.07) is 0. The molecular formula is C12H19N2O5-. The van der Waals surface area contributed by atoms with E-state index in [0.717, 1.165) is 0 Å². The summed E-state index contributed by atoms with van der Waals surface area (Å²) < 4.78 is 10.9. The second-order valence-corrected chi connectivity index (χ2v) is 5.94. The third-order valence-corrected chi connectivity index (χ3v) is 2.99. The lowest BCUT2D eigenvalue weighted by atomic mass is 10.1. The minimum atomic E-state index is -1.16. The highest BCUT2D eigenvalue weighted by atomic mass is 16.6. The molecule has 0 unspecified atom stereocenters. The fourth-order valence-corrected chi connectivity index (χ4v) is 1.95. The van der Waals surface area contributed by atoms with Crippen LogP contribution in [-0.2, 0) is 9.47 Å². The number of rotatable bonds is 2. The summed E-state index contributed by atoms with van der Waals surface area (Å²) >= 11 is 0. The van der Waals surface area contributed by atoms with E-state index in [1.807, 2.05) is 20.8 Å². The molecule has 2 aliphatic heterocycles. The molecule has 108 valence electrons. The number of hydrogen-bond donors (Lipinski definition) is 0. The van der Waals surface area contributed by atoms with E-state index < -0.39 is 11.7 Å². The molecule has 2 fully saturated rings. The van der Waals surface area contributed by atoms with Gasteiger partial charge in [-0.3, -0.25) is 0 Å². The monoisotopic (exact) mass is 271 g/mol. The van der Waals surface area contributed by atoms with Crippen LogP contribution in [0.4, 0.5) is 9.59 Å². The van der Waals surface area contributed by atoms with Gasteiger partial charge in [-0.25, -0.2) is 4.79 Å². The van der Waals surface area contributed by atoms with E-state index >= 15 is 0 Å². The molecule has 0 N–H and O–H groups in total. The van der Waals surface area contributed by atoms with Crippen LogP contribution in [0.5, 0.6) is 0 Å². The molecule has 2 rings (SSSR count). The van der Waals surface area contributed by atoms with Crippen LogP contribution in [0.3, 0.4) is 0 Å². The lowest BCUT2D eigenvalue weighted by Gasteiger charge is -2.46. The zero-order valence-corrected chi connectivity index (χ0v) is 11.4. The van der Waals surface area contributed by atoms with E-state index in [1.165, 1.54) is 4.90 Å². The summed E-state index contributed by atoms with van der Waals surface area (Å²) in [6.45, 7) is 7.16. The predicted octanol–water partition coefficient (Wildman–Crippen LogP) is -0.350. The third kappa shape index (κ3) is 3.50. The van der Waals surface area contributed by atoms with Gasteiger partial charge in [0.1, 0.15) is 11.7 Å². The minimum absolute atomic E-state index is 0.0265. The molecule has 0 bridgehead atoms. The Kier molecular flexibility index (Phi) is 3.58. The Morgan fingerprint density at radius 3 is 1.95 bits per heavy atom. The topological polar surface area (TPSA) is 82.1 Å². The standard InChI is InChI=1S/C12H20N2O5/c1-12(2,3)19-11(17)14-6-9(7-14)18-8-4-13(5-8)10(15)16/h8-9H,4-7H2,1-3H3,(H,15,16)/p-1. The second kappa shape index (κ2) is 4.88. The van der Waals surface area contributed by atoms with Crippen LogP contribution in [0.2, 0.25) is 0 Å². The van der Waals surface area contributed by atoms with Gasteiger partial charge in [-0.15, -0.1) is 0 Å². The van der Waals surface area contributed by atoms with Gasteiger partial charge in [0.2, 0.25) is 0 Å². The van der Waals surface area contributed by atoms with Gasteiger partial charge in [0.25, 0.3) is 0 Å². The number of amides is 2. The number of carboxylic acid groups (broad SMARTS) is 1. The van der Waals surface area contributed by atoms with E-state index in [1.54, 1.807) is 4.90 Å². The molecule has 19 heavy (non-hydrogen) atoms. The number of ether oxygens (including phenoxy) is 2. The van der Waals surface area contributed by atoms with Crippen molar-refractivity contribution in [2.75, 3.05) is 26.2 Å². The molecule has 2 saturated heterocycles. The number of likely N-dealkylation sites (tertiary alicyclic amines) is 2. The molecule has 0 aromatic heterocycles. The van der Waals surface area contributed by atoms with Crippen LogP contribution >= 0.6 is 0 Å². The lowest BCUT2D eigenvalue weighted by molar-refractivity contribution is -0.276. The number of nitrogens with zero attached hydrogens (tertiary/aromatic N) is 2. The molecule has 2 amide bonds. The summed E-state index contributed by atoms with van der Waals surface area (Å²) in [5, 5.41) is 10.5. The quantitative estimate of drug-likeness (QED) is 0.685. The molecule has 0 atom stereocenters. The Morgan fingerprint density at radius 1 is 1.05 bits per heavy atom. The zero-order chi connectivity index (χ0) is 14.2. The maximum absolute atomic E-state index is 11.7. The Morgan fingerprint density at radius 2 is 1.53 bits per heavy atom. The lowest BCUT2D eigenvalue weighted by Crippen LogP contribution is -2.63. The van der Waals surface area contributed by atoms with Gasteiger partial charge < -0.3 is 29.2 Å². The van der Waals surface area contributed by atoms with Crippen molar-refractivity contribution < 1.29 is 24.2 Å². The van der Waals surface area contributed by atoms with Gasteiger partial charge in [0.05, 0.1) is 25.3 Å². The zero-order valence-electron chi connectivity index (χ0n) is 11.4. The Balaban J connectivity index is 1.62. The first-order valence-electron chi connectivity index (χ1n) is 6.34. The maximum atomic E-state index is 11.7. The molecule has 0 saturated carbocycles. The minimum Gasteiger partial charge on any atom is -0.530 e. The molecule has 0 aliphatic carbocycles. The van der Waals surface area contributed by atoms with Crippen molar-refractivity contribution in [1.82, 2.24) is 9.80 Å². The van der Waals surface area contributed by atoms with Gasteiger partial charge in [-0.05, 0) is 20.8 Å². The van der Waals surface area contributed by atoms with Crippen LogP contribution < -0.4 is 5.11 Å². The van der Waals surface area contributed by atoms with E-state index in [2.05, 4.69) is 0 Å². The molecule has 0 radical (unpaired) electrons. The molecule has 7 nitrogen and oxygen atoms in total. The van der Waals surface area contributed by atoms with Crippen molar-refractivity contribution in [3.8, 4) is 0 Å². The van der Waals surface area contributed by atoms with E-state index in [-0.39, 0.29) is 18.3 Å². The second-order valence-electron chi connectivity index (χ2n) is 5.94. The van der Waals surface area contributed by atoms with Gasteiger partial charge in [0, 0.05) is 13.1 Å². The number of carbonyl (C=O) groups is 2. The Bertz CT molecular complexity index is 367. The van der Waals surface area contributed by atoms with Crippen LogP contribution in [0.15, 0.2) is 0 Å². The van der Waals surface area contributed by atoms with E-state index in [4.69, 9.17) is 9.47 Å². The molecule has 7 heteroatoms.